The van der Waals surface area contributed by atoms with Gasteiger partial charge in [0, 0.05) is 16.6 Å². The fraction of sp³-hybridized carbons (Fsp3) is 0.652. The van der Waals surface area contributed by atoms with Crippen LogP contribution >= 0.6 is 11.6 Å². The average Bonchev–Trinajstić information content (AvgIpc) is 3.29. The van der Waals surface area contributed by atoms with Crippen LogP contribution in [0.4, 0.5) is 13.2 Å². The van der Waals surface area contributed by atoms with E-state index in [1.54, 1.807) is 0 Å². The van der Waals surface area contributed by atoms with Gasteiger partial charge in [-0.3, -0.25) is 14.3 Å². The molecule has 5 rings (SSSR count). The monoisotopic (exact) mass is 488 g/mol. The molecule has 3 saturated carbocycles. The number of amides is 2. The van der Waals surface area contributed by atoms with Gasteiger partial charge in [-0.2, -0.15) is 0 Å². The smallest absolute Gasteiger partial charge is 0.493 e. The molecule has 1 aromatic carbocycles. The zero-order valence-corrected chi connectivity index (χ0v) is 18.9. The Morgan fingerprint density at radius 3 is 2.61 bits per heavy atom. The molecule has 0 unspecified atom stereocenters. The number of rotatable bonds is 5. The van der Waals surface area contributed by atoms with E-state index in [0.717, 1.165) is 55.9 Å². The molecule has 2 bridgehead atoms. The Labute approximate surface area is 195 Å². The highest BCUT2D eigenvalue weighted by atomic mass is 35.5. The first-order chi connectivity index (χ1) is 15.6. The largest absolute Gasteiger partial charge is 0.522 e. The van der Waals surface area contributed by atoms with Crippen LogP contribution in [0.5, 0.6) is 5.75 Å². The lowest BCUT2D eigenvalue weighted by Crippen LogP contribution is -2.52. The molecule has 6 nitrogen and oxygen atoms in total. The zero-order chi connectivity index (χ0) is 23.7. The van der Waals surface area contributed by atoms with Crippen LogP contribution in [0.25, 0.3) is 0 Å². The third kappa shape index (κ3) is 5.57. The number of benzene rings is 1. The number of hydrogen-bond donors (Lipinski definition) is 2. The van der Waals surface area contributed by atoms with E-state index in [1.807, 2.05) is 18.2 Å². The summed E-state index contributed by atoms with van der Waals surface area (Å²) in [6.45, 7) is 0.842. The number of aryl methyl sites for hydroxylation is 1. The molecule has 0 aromatic heterocycles. The molecule has 4 aliphatic rings. The molecule has 182 valence electrons. The van der Waals surface area contributed by atoms with E-state index in [9.17, 15) is 22.8 Å². The zero-order valence-electron chi connectivity index (χ0n) is 18.2. The molecule has 1 aromatic rings. The Morgan fingerprint density at radius 2 is 1.94 bits per heavy atom. The summed E-state index contributed by atoms with van der Waals surface area (Å²) in [6.07, 6.45) is 1.42. The van der Waals surface area contributed by atoms with Gasteiger partial charge in [-0.05, 0) is 81.5 Å². The number of nitrogens with one attached hydrogen (secondary N) is 2. The highest BCUT2D eigenvalue weighted by Gasteiger charge is 2.58. The fourth-order valence-electron chi connectivity index (χ4n) is 5.47. The van der Waals surface area contributed by atoms with E-state index < -0.39 is 17.9 Å². The van der Waals surface area contributed by atoms with E-state index in [0.29, 0.717) is 12.8 Å². The molecule has 0 radical (unpaired) electrons. The third-order valence-corrected chi connectivity index (χ3v) is 7.52. The van der Waals surface area contributed by atoms with Crippen LogP contribution in [0.2, 0.25) is 5.02 Å². The summed E-state index contributed by atoms with van der Waals surface area (Å²) >= 11 is 5.82. The minimum Gasteiger partial charge on any atom is -0.493 e. The van der Waals surface area contributed by atoms with Crippen molar-refractivity contribution >= 4 is 23.9 Å². The van der Waals surface area contributed by atoms with Crippen LogP contribution in [0, 0.1) is 5.41 Å². The summed E-state index contributed by atoms with van der Waals surface area (Å²) in [5, 5.41) is 6.49. The van der Waals surface area contributed by atoms with Gasteiger partial charge in [0.2, 0.25) is 12.3 Å². The lowest BCUT2D eigenvalue weighted by atomic mass is 9.81. The Hall–Kier alpha value is -2.00. The standard InChI is InChI=1S/C14H19F3N2O3.C9H9ClO/c15-14(16,17)22-10-5-9(6-10)19-11(21)12-1-3-13(7-12,4-2-12)18-8-20;10-8-3-4-9-7(6-8)2-1-5-11-9/h8-10H,1-7H2,(H,18,20)(H,19,21);3-4,6H,1-2,5H2. The quantitative estimate of drug-likeness (QED) is 0.606. The minimum absolute atomic E-state index is 0.0879. The van der Waals surface area contributed by atoms with Crippen molar-refractivity contribution in [2.75, 3.05) is 6.61 Å². The number of carbonyl (C=O) groups is 2. The van der Waals surface area contributed by atoms with Crippen molar-refractivity contribution < 1.29 is 32.2 Å². The van der Waals surface area contributed by atoms with Gasteiger partial charge in [-0.15, -0.1) is 13.2 Å². The number of hydrogen-bond acceptors (Lipinski definition) is 4. The summed E-state index contributed by atoms with van der Waals surface area (Å²) in [4.78, 5) is 23.2. The van der Waals surface area contributed by atoms with E-state index in [2.05, 4.69) is 15.4 Å². The second kappa shape index (κ2) is 9.33. The predicted molar refractivity (Wildman–Crippen MR) is 115 cm³/mol. The summed E-state index contributed by atoms with van der Waals surface area (Å²) < 4.78 is 45.5. The summed E-state index contributed by atoms with van der Waals surface area (Å²) in [7, 11) is 0. The number of carbonyl (C=O) groups excluding carboxylic acids is 2. The summed E-state index contributed by atoms with van der Waals surface area (Å²) in [6, 6.07) is 5.54. The normalized spacial score (nSPS) is 31.9. The number of ether oxygens (including phenoxy) is 2. The first kappa shape index (κ1) is 24.1. The van der Waals surface area contributed by atoms with Gasteiger partial charge in [0.25, 0.3) is 0 Å². The first-order valence-corrected chi connectivity index (χ1v) is 11.7. The molecule has 0 spiro atoms. The van der Waals surface area contributed by atoms with Crippen molar-refractivity contribution in [3.8, 4) is 5.75 Å². The van der Waals surface area contributed by atoms with Crippen molar-refractivity contribution in [2.24, 2.45) is 5.41 Å². The molecular weight excluding hydrogens is 461 g/mol. The van der Waals surface area contributed by atoms with Crippen molar-refractivity contribution in [1.82, 2.24) is 10.6 Å². The van der Waals surface area contributed by atoms with Crippen LogP contribution in [-0.4, -0.2) is 43.0 Å². The molecular formula is C23H28ClF3N2O4. The lowest BCUT2D eigenvalue weighted by Gasteiger charge is -2.38. The minimum atomic E-state index is -4.62. The van der Waals surface area contributed by atoms with Gasteiger partial charge in [0.15, 0.2) is 0 Å². The van der Waals surface area contributed by atoms with Crippen molar-refractivity contribution in [2.45, 2.75) is 81.8 Å². The Balaban J connectivity index is 0.000000196. The van der Waals surface area contributed by atoms with Crippen LogP contribution in [0.15, 0.2) is 18.2 Å². The van der Waals surface area contributed by atoms with Crippen LogP contribution in [0.1, 0.15) is 56.9 Å². The number of alkyl halides is 3. The molecule has 10 heteroatoms. The van der Waals surface area contributed by atoms with Crippen molar-refractivity contribution in [1.29, 1.82) is 0 Å². The van der Waals surface area contributed by atoms with Crippen LogP contribution in [-0.2, 0) is 20.7 Å². The van der Waals surface area contributed by atoms with Gasteiger partial charge in [-0.25, -0.2) is 0 Å². The number of halogens is 4. The Bertz CT molecular complexity index is 881. The van der Waals surface area contributed by atoms with E-state index in [1.165, 1.54) is 5.56 Å². The maximum Gasteiger partial charge on any atom is 0.522 e. The third-order valence-electron chi connectivity index (χ3n) is 7.29. The van der Waals surface area contributed by atoms with Crippen molar-refractivity contribution in [3.63, 3.8) is 0 Å². The molecule has 3 fully saturated rings. The highest BCUT2D eigenvalue weighted by molar-refractivity contribution is 6.30. The van der Waals surface area contributed by atoms with Crippen LogP contribution < -0.4 is 15.4 Å². The second-order valence-electron chi connectivity index (χ2n) is 9.53. The van der Waals surface area contributed by atoms with Gasteiger partial charge in [0.1, 0.15) is 5.75 Å². The molecule has 33 heavy (non-hydrogen) atoms. The average molecular weight is 489 g/mol. The molecule has 2 amide bonds. The predicted octanol–water partition coefficient (Wildman–Crippen LogP) is 4.28. The molecule has 1 heterocycles. The fourth-order valence-corrected chi connectivity index (χ4v) is 5.67. The van der Waals surface area contributed by atoms with E-state index in [-0.39, 0.29) is 30.3 Å². The Morgan fingerprint density at radius 1 is 1.21 bits per heavy atom. The van der Waals surface area contributed by atoms with Crippen molar-refractivity contribution in [3.05, 3.63) is 28.8 Å². The van der Waals surface area contributed by atoms with Gasteiger partial charge >= 0.3 is 6.36 Å². The molecule has 2 N–H and O–H groups in total. The van der Waals surface area contributed by atoms with E-state index >= 15 is 0 Å². The molecule has 0 saturated heterocycles. The van der Waals surface area contributed by atoms with Gasteiger partial charge in [0.05, 0.1) is 18.1 Å². The molecule has 3 aliphatic carbocycles. The summed E-state index contributed by atoms with van der Waals surface area (Å²) in [5.74, 6) is 0.913. The second-order valence-corrected chi connectivity index (χ2v) is 9.97. The lowest BCUT2D eigenvalue weighted by molar-refractivity contribution is -0.351. The Kier molecular flexibility index (Phi) is 6.82. The first-order valence-electron chi connectivity index (χ1n) is 11.3. The van der Waals surface area contributed by atoms with Crippen LogP contribution in [0.3, 0.4) is 0 Å². The molecule has 1 aliphatic heterocycles. The van der Waals surface area contributed by atoms with Gasteiger partial charge in [-0.1, -0.05) is 11.6 Å². The molecule has 0 atom stereocenters. The van der Waals surface area contributed by atoms with Gasteiger partial charge < -0.3 is 15.4 Å². The maximum absolute atomic E-state index is 12.5. The highest BCUT2D eigenvalue weighted by Crippen LogP contribution is 2.56. The number of fused-ring (bicyclic) bond motifs is 3. The van der Waals surface area contributed by atoms with E-state index in [4.69, 9.17) is 16.3 Å². The maximum atomic E-state index is 12.5. The topological polar surface area (TPSA) is 76.7 Å². The summed E-state index contributed by atoms with van der Waals surface area (Å²) in [5.41, 5.74) is 0.510. The SMILES string of the molecule is Clc1ccc2c(c1)CCCO2.O=CNC12CCC(C(=O)NC3CC(OC(F)(F)F)C3)(CC1)C2.